The summed E-state index contributed by atoms with van der Waals surface area (Å²) in [5, 5.41) is 17.7. The number of nitrogens with zero attached hydrogens (tertiary/aromatic N) is 3. The molecule has 3 amide bonds. The van der Waals surface area contributed by atoms with Gasteiger partial charge in [0.05, 0.1) is 35.0 Å². The summed E-state index contributed by atoms with van der Waals surface area (Å²) in [5.41, 5.74) is -3.32. The number of hydrogen-bond acceptors (Lipinski definition) is 12. The molecular formula is C41H56F4N6O9S. The van der Waals surface area contributed by atoms with Crippen molar-refractivity contribution in [2.45, 2.75) is 152 Å². The Morgan fingerprint density at radius 3 is 2.46 bits per heavy atom. The number of aliphatic hydroxyl groups excluding tert-OH is 1. The zero-order chi connectivity index (χ0) is 44.4. The molecule has 15 nitrogen and oxygen atoms in total. The van der Waals surface area contributed by atoms with Crippen LogP contribution in [0.3, 0.4) is 0 Å². The molecular weight excluding hydrogens is 829 g/mol. The average Bonchev–Trinajstić information content (AvgIpc) is 4.14. The van der Waals surface area contributed by atoms with Crippen molar-refractivity contribution >= 4 is 39.0 Å². The lowest BCUT2D eigenvalue weighted by Crippen LogP contribution is -2.63. The van der Waals surface area contributed by atoms with E-state index in [-0.39, 0.29) is 55.6 Å². The Kier molecular flexibility index (Phi) is 12.0. The Morgan fingerprint density at radius 2 is 1.82 bits per heavy atom. The smallest absolute Gasteiger partial charge is 0.407 e. The molecule has 1 aromatic heterocycles. The molecule has 4 fully saturated rings. The van der Waals surface area contributed by atoms with Crippen molar-refractivity contribution in [2.24, 2.45) is 23.2 Å². The quantitative estimate of drug-likeness (QED) is 0.243. The number of aliphatic hydroxyl groups is 1. The normalized spacial score (nSPS) is 33.4. The second-order valence-electron chi connectivity index (χ2n) is 18.8. The number of methoxy groups -OCH3 is 1. The van der Waals surface area contributed by atoms with E-state index in [0.29, 0.717) is 25.0 Å². The minimum absolute atomic E-state index is 0.0358. The largest absolute Gasteiger partial charge is 0.497 e. The number of alkyl halides is 4. The molecule has 1 saturated heterocycles. The molecule has 4 N–H and O–H groups in total. The Morgan fingerprint density at radius 1 is 1.10 bits per heavy atom. The molecule has 2 bridgehead atoms. The first kappa shape index (κ1) is 45.0. The summed E-state index contributed by atoms with van der Waals surface area (Å²) in [4.78, 5) is 52.3. The summed E-state index contributed by atoms with van der Waals surface area (Å²) < 4.78 is 105. The number of benzene rings is 1. The fourth-order valence-electron chi connectivity index (χ4n) is 8.90. The molecule has 1 aromatic carbocycles. The molecule has 338 valence electrons. The Bertz CT molecular complexity index is 2140. The van der Waals surface area contributed by atoms with Gasteiger partial charge in [0, 0.05) is 31.4 Å². The van der Waals surface area contributed by atoms with Gasteiger partial charge in [-0.2, -0.15) is 8.78 Å². The van der Waals surface area contributed by atoms with Crippen LogP contribution in [0.4, 0.5) is 22.4 Å². The van der Waals surface area contributed by atoms with Gasteiger partial charge in [-0.05, 0) is 81.3 Å². The maximum atomic E-state index is 16.4. The average molecular weight is 885 g/mol. The zero-order valence-electron chi connectivity index (χ0n) is 35.2. The number of nitrogens with one attached hydrogen (secondary N) is 3. The van der Waals surface area contributed by atoms with Crippen LogP contribution in [-0.4, -0.2) is 107 Å². The molecule has 10 atom stereocenters. The van der Waals surface area contributed by atoms with Gasteiger partial charge in [0.25, 0.3) is 11.8 Å². The van der Waals surface area contributed by atoms with Crippen LogP contribution >= 0.6 is 0 Å². The first-order chi connectivity index (χ1) is 28.5. The first-order valence-corrected chi connectivity index (χ1v) is 22.5. The van der Waals surface area contributed by atoms with Crippen LogP contribution in [0.2, 0.25) is 0 Å². The van der Waals surface area contributed by atoms with Crippen molar-refractivity contribution < 1.29 is 59.7 Å². The number of sulfonamides is 1. The zero-order valence-corrected chi connectivity index (χ0v) is 36.0. The molecule has 2 aromatic rings. The highest BCUT2D eigenvalue weighted by Crippen LogP contribution is 2.50. The van der Waals surface area contributed by atoms with Gasteiger partial charge in [-0.25, -0.2) is 32.0 Å². The standard InChI is InChI=1S/C41H56F4N6O9S/c1-7-24-28-20-51(30(24)33(52)49-40(19-22(40)17-29(42)43)36(54)50-61(56,57)39(5)14-15-39)35(53)32(38(2,3)4)48-37(55)60-27-16-21(27)10-8-9-13-41(44,45)31-34(59-28)47-26-18-23(58-6)11-12-25(26)46-31/h11-12,18,21-22,24,27-30,32,35,53H,7-10,13-17,19-20H2,1-6H3,(H,48,55)(H,49,52)(H,50,54)/t21-,22-,24-,27-,28+,30+,32-,35?,40-/m1/s1. The van der Waals surface area contributed by atoms with E-state index in [4.69, 9.17) is 14.2 Å². The SMILES string of the molecule is CC[C@@H]1[C@@H]2C[N@](C(O)[C@H](C(C)(C)C)NC(=O)O[C@@H]3C[C@H]3CCCCC(F)(F)c3nc4ccc(OC)cc4nc3O2)[C@@H]1C(=O)N[C@]1(C(=O)NS(=O)(=O)C2(C)CC2)C[C@H]1CC(F)F. The van der Waals surface area contributed by atoms with Gasteiger partial charge >= 0.3 is 6.09 Å². The molecule has 1 unspecified atom stereocenters. The third-order valence-corrected chi connectivity index (χ3v) is 15.4. The molecule has 0 spiro atoms. The van der Waals surface area contributed by atoms with Crippen molar-refractivity contribution in [2.75, 3.05) is 13.7 Å². The Labute approximate surface area is 352 Å². The van der Waals surface area contributed by atoms with Crippen LogP contribution in [0.5, 0.6) is 11.6 Å². The fourth-order valence-corrected chi connectivity index (χ4v) is 10.2. The second-order valence-corrected chi connectivity index (χ2v) is 21.0. The lowest BCUT2D eigenvalue weighted by Gasteiger charge is -2.41. The van der Waals surface area contributed by atoms with Crippen LogP contribution in [0.25, 0.3) is 11.0 Å². The highest BCUT2D eigenvalue weighted by Gasteiger charge is 2.65. The van der Waals surface area contributed by atoms with Gasteiger partial charge in [0.1, 0.15) is 29.7 Å². The van der Waals surface area contributed by atoms with E-state index >= 15 is 8.78 Å². The lowest BCUT2D eigenvalue weighted by atomic mass is 9.84. The fraction of sp³-hybridized carbons (Fsp3) is 0.732. The number of fused-ring (bicyclic) bond motifs is 5. The van der Waals surface area contributed by atoms with Gasteiger partial charge in [-0.15, -0.1) is 0 Å². The topological polar surface area (TPSA) is 198 Å². The molecule has 20 heteroatoms. The van der Waals surface area contributed by atoms with Crippen molar-refractivity contribution in [3.63, 3.8) is 0 Å². The predicted octanol–water partition coefficient (Wildman–Crippen LogP) is 5.14. The maximum Gasteiger partial charge on any atom is 0.407 e. The highest BCUT2D eigenvalue weighted by molar-refractivity contribution is 7.91. The number of ether oxygens (including phenoxy) is 3. The van der Waals surface area contributed by atoms with Crippen LogP contribution < -0.4 is 24.8 Å². The Hall–Kier alpha value is -4.04. The molecule has 3 heterocycles. The molecule has 3 aliphatic carbocycles. The minimum atomic E-state index is -4.25. The van der Waals surface area contributed by atoms with E-state index in [9.17, 15) is 36.7 Å². The number of aromatic nitrogens is 2. The summed E-state index contributed by atoms with van der Waals surface area (Å²) in [7, 11) is -2.81. The predicted molar refractivity (Wildman–Crippen MR) is 212 cm³/mol. The molecule has 61 heavy (non-hydrogen) atoms. The number of amides is 3. The highest BCUT2D eigenvalue weighted by atomic mass is 32.2. The molecule has 2 aliphatic heterocycles. The summed E-state index contributed by atoms with van der Waals surface area (Å²) in [5.74, 6) is -7.85. The van der Waals surface area contributed by atoms with Crippen LogP contribution in [0, 0.1) is 23.2 Å². The number of carbonyl (C=O) groups is 3. The summed E-state index contributed by atoms with van der Waals surface area (Å²) in [6, 6.07) is 2.02. The van der Waals surface area contributed by atoms with Crippen molar-refractivity contribution in [1.82, 2.24) is 30.2 Å². The van der Waals surface area contributed by atoms with E-state index in [1.165, 1.54) is 31.1 Å². The van der Waals surface area contributed by atoms with Crippen LogP contribution in [-0.2, 0) is 30.3 Å². The third kappa shape index (κ3) is 9.08. The van der Waals surface area contributed by atoms with Gasteiger partial charge in [-0.1, -0.05) is 34.1 Å². The maximum absolute atomic E-state index is 16.4. The van der Waals surface area contributed by atoms with Crippen LogP contribution in [0.1, 0.15) is 105 Å². The molecule has 5 aliphatic rings. The van der Waals surface area contributed by atoms with Gasteiger partial charge in [0.2, 0.25) is 28.2 Å². The van der Waals surface area contributed by atoms with Crippen molar-refractivity contribution in [3.05, 3.63) is 23.9 Å². The van der Waals surface area contributed by atoms with Crippen LogP contribution in [0.15, 0.2) is 18.2 Å². The number of alkyl carbamates (subject to hydrolysis) is 1. The summed E-state index contributed by atoms with van der Waals surface area (Å²) in [6.45, 7) is 8.08. The third-order valence-electron chi connectivity index (χ3n) is 13.2. The van der Waals surface area contributed by atoms with Gasteiger partial charge in [-0.3, -0.25) is 19.2 Å². The Balaban J connectivity index is 1.30. The van der Waals surface area contributed by atoms with E-state index in [1.807, 2.05) is 4.72 Å². The number of rotatable bonds is 9. The van der Waals surface area contributed by atoms with E-state index in [2.05, 4.69) is 20.6 Å². The van der Waals surface area contributed by atoms with E-state index in [1.54, 1.807) is 33.8 Å². The van der Waals surface area contributed by atoms with E-state index < -0.39 is 123 Å². The van der Waals surface area contributed by atoms with Gasteiger partial charge in [0.15, 0.2) is 5.69 Å². The second kappa shape index (κ2) is 16.3. The van der Waals surface area contributed by atoms with Gasteiger partial charge < -0.3 is 30.0 Å². The monoisotopic (exact) mass is 884 g/mol. The minimum Gasteiger partial charge on any atom is -0.497 e. The summed E-state index contributed by atoms with van der Waals surface area (Å²) in [6.07, 6.45) is -6.38. The summed E-state index contributed by atoms with van der Waals surface area (Å²) >= 11 is 0. The number of hydrogen-bond donors (Lipinski definition) is 4. The number of halogens is 4. The molecule has 0 radical (unpaired) electrons. The van der Waals surface area contributed by atoms with E-state index in [0.717, 1.165) is 0 Å². The molecule has 3 saturated carbocycles. The van der Waals surface area contributed by atoms with Crippen molar-refractivity contribution in [1.29, 1.82) is 0 Å². The van der Waals surface area contributed by atoms with Crippen molar-refractivity contribution in [3.8, 4) is 11.6 Å². The lowest BCUT2D eigenvalue weighted by molar-refractivity contribution is -0.138. The first-order valence-electron chi connectivity index (χ1n) is 21.0. The molecule has 7 rings (SSSR count). The number of carbonyl (C=O) groups excluding carboxylic acids is 3.